The van der Waals surface area contributed by atoms with Gasteiger partial charge < -0.3 is 19.2 Å². The Morgan fingerprint density at radius 3 is 2.63 bits per heavy atom. The molecule has 0 aliphatic carbocycles. The monoisotopic (exact) mass is 410 g/mol. The first-order chi connectivity index (χ1) is 14.5. The number of oxazole rings is 1. The van der Waals surface area contributed by atoms with E-state index in [0.717, 1.165) is 31.6 Å². The molecule has 3 aromatic heterocycles. The lowest BCUT2D eigenvalue weighted by Crippen LogP contribution is -2.38. The largest absolute Gasteiger partial charge is 0.438 e. The number of nitrogens with zero attached hydrogens (tertiary/aromatic N) is 5. The van der Waals surface area contributed by atoms with Crippen molar-refractivity contribution in [2.24, 2.45) is 0 Å². The minimum absolute atomic E-state index is 0.132. The van der Waals surface area contributed by atoms with Crippen molar-refractivity contribution in [3.8, 4) is 0 Å². The number of nitrogens with one attached hydrogen (secondary N) is 1. The van der Waals surface area contributed by atoms with E-state index in [1.165, 1.54) is 6.39 Å². The number of amides is 1. The van der Waals surface area contributed by atoms with E-state index in [1.807, 2.05) is 6.07 Å². The molecule has 4 heterocycles. The van der Waals surface area contributed by atoms with Gasteiger partial charge in [0.1, 0.15) is 0 Å². The fourth-order valence-corrected chi connectivity index (χ4v) is 3.98. The molecule has 1 saturated heterocycles. The Labute approximate surface area is 174 Å². The number of hydrogen-bond donors (Lipinski definition) is 1. The number of carbonyl (C=O) groups is 1. The van der Waals surface area contributed by atoms with Crippen LogP contribution in [-0.2, 0) is 0 Å². The molecular formula is C21H26N6O3. The number of hydrogen-bond acceptors (Lipinski definition) is 7. The number of pyridine rings is 1. The van der Waals surface area contributed by atoms with Crippen molar-refractivity contribution in [3.05, 3.63) is 46.2 Å². The van der Waals surface area contributed by atoms with Crippen LogP contribution in [0.4, 0.5) is 5.95 Å². The first kappa shape index (κ1) is 20.1. The third-order valence-corrected chi connectivity index (χ3v) is 5.81. The van der Waals surface area contributed by atoms with Crippen molar-refractivity contribution in [2.45, 2.75) is 39.5 Å². The second-order valence-corrected chi connectivity index (χ2v) is 7.53. The first-order valence-corrected chi connectivity index (χ1v) is 10.4. The van der Waals surface area contributed by atoms with Crippen molar-refractivity contribution in [1.82, 2.24) is 24.8 Å². The molecule has 1 N–H and O–H groups in total. The van der Waals surface area contributed by atoms with Crippen molar-refractivity contribution >= 4 is 22.8 Å². The molecule has 9 heteroatoms. The molecular weight excluding hydrogens is 384 g/mol. The highest BCUT2D eigenvalue weighted by molar-refractivity contribution is 5.92. The quantitative estimate of drug-likeness (QED) is 0.688. The predicted molar refractivity (Wildman–Crippen MR) is 113 cm³/mol. The van der Waals surface area contributed by atoms with Crippen LogP contribution in [0.3, 0.4) is 0 Å². The summed E-state index contributed by atoms with van der Waals surface area (Å²) in [5.74, 6) is 0.959. The molecule has 0 unspecified atom stereocenters. The Morgan fingerprint density at radius 1 is 1.27 bits per heavy atom. The lowest BCUT2D eigenvalue weighted by Gasteiger charge is -2.31. The Kier molecular flexibility index (Phi) is 5.52. The van der Waals surface area contributed by atoms with Crippen LogP contribution in [0.1, 0.15) is 54.5 Å². The van der Waals surface area contributed by atoms with Gasteiger partial charge in [0.15, 0.2) is 6.39 Å². The van der Waals surface area contributed by atoms with Crippen molar-refractivity contribution in [1.29, 1.82) is 0 Å². The van der Waals surface area contributed by atoms with E-state index in [1.54, 1.807) is 18.0 Å². The zero-order chi connectivity index (χ0) is 21.3. The van der Waals surface area contributed by atoms with Gasteiger partial charge in [0, 0.05) is 44.0 Å². The molecule has 0 atom stereocenters. The number of aromatic nitrogens is 4. The van der Waals surface area contributed by atoms with Gasteiger partial charge in [0.05, 0.1) is 16.6 Å². The van der Waals surface area contributed by atoms with E-state index >= 15 is 0 Å². The predicted octanol–water partition coefficient (Wildman–Crippen LogP) is 2.48. The van der Waals surface area contributed by atoms with Gasteiger partial charge in [-0.15, -0.1) is 0 Å². The van der Waals surface area contributed by atoms with E-state index in [4.69, 9.17) is 4.42 Å². The Morgan fingerprint density at radius 2 is 2.00 bits per heavy atom. The maximum atomic E-state index is 12.6. The average Bonchev–Trinajstić information content (AvgIpc) is 3.20. The number of fused-ring (bicyclic) bond motifs is 1. The number of anilines is 1. The van der Waals surface area contributed by atoms with Crippen molar-refractivity contribution in [3.63, 3.8) is 0 Å². The molecule has 1 amide bonds. The van der Waals surface area contributed by atoms with Gasteiger partial charge >= 0.3 is 0 Å². The van der Waals surface area contributed by atoms with Gasteiger partial charge in [-0.1, -0.05) is 0 Å². The normalized spacial score (nSPS) is 15.0. The van der Waals surface area contributed by atoms with Gasteiger partial charge in [-0.2, -0.15) is 0 Å². The summed E-state index contributed by atoms with van der Waals surface area (Å²) in [7, 11) is 0. The highest BCUT2D eigenvalue weighted by Crippen LogP contribution is 2.28. The van der Waals surface area contributed by atoms with Gasteiger partial charge in [-0.3, -0.25) is 9.59 Å². The summed E-state index contributed by atoms with van der Waals surface area (Å²) >= 11 is 0. The van der Waals surface area contributed by atoms with Gasteiger partial charge in [0.2, 0.25) is 11.7 Å². The highest BCUT2D eigenvalue weighted by Gasteiger charge is 2.28. The second-order valence-electron chi connectivity index (χ2n) is 7.53. The van der Waals surface area contributed by atoms with Crippen LogP contribution < -0.4 is 10.5 Å². The summed E-state index contributed by atoms with van der Waals surface area (Å²) in [4.78, 5) is 45.0. The van der Waals surface area contributed by atoms with Crippen LogP contribution >= 0.6 is 0 Å². The van der Waals surface area contributed by atoms with Crippen LogP contribution in [0.15, 0.2) is 27.9 Å². The number of aryl methyl sites for hydroxylation is 1. The molecule has 0 radical (unpaired) electrons. The Balaban J connectivity index is 1.54. The van der Waals surface area contributed by atoms with Crippen LogP contribution in [0, 0.1) is 6.92 Å². The molecule has 0 spiro atoms. The van der Waals surface area contributed by atoms with E-state index in [9.17, 15) is 9.59 Å². The van der Waals surface area contributed by atoms with Crippen LogP contribution in [0.25, 0.3) is 10.9 Å². The van der Waals surface area contributed by atoms with Crippen LogP contribution in [0.5, 0.6) is 0 Å². The summed E-state index contributed by atoms with van der Waals surface area (Å²) in [6, 6.07) is 1.95. The zero-order valence-corrected chi connectivity index (χ0v) is 17.5. The number of rotatable bonds is 5. The van der Waals surface area contributed by atoms with Crippen LogP contribution in [-0.4, -0.2) is 56.9 Å². The highest BCUT2D eigenvalue weighted by atomic mass is 16.3. The van der Waals surface area contributed by atoms with Crippen LogP contribution in [0.2, 0.25) is 0 Å². The minimum atomic E-state index is -0.176. The third-order valence-electron chi connectivity index (χ3n) is 5.81. The summed E-state index contributed by atoms with van der Waals surface area (Å²) < 4.78 is 5.24. The van der Waals surface area contributed by atoms with Gasteiger partial charge in [0.25, 0.3) is 11.5 Å². The Bertz CT molecular complexity index is 1110. The average molecular weight is 410 g/mol. The summed E-state index contributed by atoms with van der Waals surface area (Å²) in [6.45, 7) is 8.66. The van der Waals surface area contributed by atoms with E-state index in [2.05, 4.69) is 38.7 Å². The van der Waals surface area contributed by atoms with Gasteiger partial charge in [-0.25, -0.2) is 15.0 Å². The summed E-state index contributed by atoms with van der Waals surface area (Å²) in [5.41, 5.74) is 1.94. The fraction of sp³-hybridized carbons (Fsp3) is 0.476. The van der Waals surface area contributed by atoms with Crippen molar-refractivity contribution < 1.29 is 9.21 Å². The molecule has 1 aliphatic heterocycles. The first-order valence-electron chi connectivity index (χ1n) is 10.4. The molecule has 9 nitrogen and oxygen atoms in total. The maximum Gasteiger partial charge on any atom is 0.291 e. The smallest absolute Gasteiger partial charge is 0.291 e. The molecule has 4 rings (SSSR count). The number of H-pyrrole nitrogens is 1. The number of likely N-dealkylation sites (tertiary alicyclic amines) is 1. The fourth-order valence-electron chi connectivity index (χ4n) is 3.98. The zero-order valence-electron chi connectivity index (χ0n) is 17.5. The summed E-state index contributed by atoms with van der Waals surface area (Å²) in [6.07, 6.45) is 4.41. The summed E-state index contributed by atoms with van der Waals surface area (Å²) in [5, 5.41) is 0.489. The molecule has 0 aromatic carbocycles. The second kappa shape index (κ2) is 8.25. The number of piperidine rings is 1. The molecule has 30 heavy (non-hydrogen) atoms. The molecule has 1 fully saturated rings. The molecule has 158 valence electrons. The number of aromatic amines is 1. The lowest BCUT2D eigenvalue weighted by atomic mass is 9.92. The van der Waals surface area contributed by atoms with Crippen molar-refractivity contribution in [2.75, 3.05) is 31.1 Å². The van der Waals surface area contributed by atoms with Gasteiger partial charge in [-0.05, 0) is 39.7 Å². The molecule has 3 aromatic rings. The maximum absolute atomic E-state index is 12.6. The van der Waals surface area contributed by atoms with E-state index in [-0.39, 0.29) is 17.4 Å². The topological polar surface area (TPSA) is 108 Å². The molecule has 0 bridgehead atoms. The molecule has 0 saturated carbocycles. The standard InChI is InChI=1S/C21H26N6O3/c1-4-26(5-2)21-22-11-15-17(25-21)10-16(24-19(15)28)14-6-8-27(9-7-14)20(29)18-13(3)23-12-30-18/h10-12,14H,4-9H2,1-3H3,(H,24,28). The lowest BCUT2D eigenvalue weighted by molar-refractivity contribution is 0.0679. The molecule has 1 aliphatic rings. The van der Waals surface area contributed by atoms with E-state index in [0.29, 0.717) is 41.4 Å². The van der Waals surface area contributed by atoms with E-state index < -0.39 is 0 Å². The third kappa shape index (κ3) is 3.67. The minimum Gasteiger partial charge on any atom is -0.438 e. The number of carbonyl (C=O) groups excluding carboxylic acids is 1. The SMILES string of the molecule is CCN(CC)c1ncc2c(=O)[nH]c(C3CCN(C(=O)c4ocnc4C)CC3)cc2n1. The Hall–Kier alpha value is -3.23.